The van der Waals surface area contributed by atoms with Gasteiger partial charge in [0.15, 0.2) is 5.76 Å². The van der Waals surface area contributed by atoms with Gasteiger partial charge < -0.3 is 9.73 Å². The Kier molecular flexibility index (Phi) is 3.48. The number of amides is 1. The minimum absolute atomic E-state index is 0.0636. The molecule has 106 valence electrons. The zero-order valence-electron chi connectivity index (χ0n) is 12.1. The second-order valence-electron chi connectivity index (χ2n) is 5.25. The number of benzene rings is 2. The van der Waals surface area contributed by atoms with Crippen LogP contribution in [-0.2, 0) is 0 Å². The molecule has 3 aromatic rings. The Balaban J connectivity index is 1.77. The Hall–Kier alpha value is -2.55. The first-order chi connectivity index (χ1) is 10.1. The number of nitrogens with one attached hydrogen (secondary N) is 1. The average molecular weight is 279 g/mol. The Morgan fingerprint density at radius 2 is 1.81 bits per heavy atom. The van der Waals surface area contributed by atoms with E-state index in [1.54, 1.807) is 6.07 Å². The second-order valence-corrected chi connectivity index (χ2v) is 5.25. The van der Waals surface area contributed by atoms with Crippen molar-refractivity contribution in [3.8, 4) is 0 Å². The fourth-order valence-corrected chi connectivity index (χ4v) is 2.30. The predicted molar refractivity (Wildman–Crippen MR) is 83.3 cm³/mol. The fourth-order valence-electron chi connectivity index (χ4n) is 2.30. The minimum Gasteiger partial charge on any atom is -0.451 e. The third-order valence-electron chi connectivity index (χ3n) is 3.57. The number of furan rings is 1. The van der Waals surface area contributed by atoms with E-state index in [4.69, 9.17) is 4.42 Å². The molecule has 0 aliphatic carbocycles. The van der Waals surface area contributed by atoms with Crippen molar-refractivity contribution in [2.24, 2.45) is 0 Å². The van der Waals surface area contributed by atoms with Gasteiger partial charge in [0, 0.05) is 5.39 Å². The topological polar surface area (TPSA) is 42.2 Å². The van der Waals surface area contributed by atoms with Crippen LogP contribution in [0.2, 0.25) is 0 Å². The van der Waals surface area contributed by atoms with Gasteiger partial charge in [0.05, 0.1) is 6.04 Å². The van der Waals surface area contributed by atoms with E-state index in [0.29, 0.717) is 5.76 Å². The van der Waals surface area contributed by atoms with Crippen molar-refractivity contribution >= 4 is 16.9 Å². The number of carbonyl (C=O) groups excluding carboxylic acids is 1. The summed E-state index contributed by atoms with van der Waals surface area (Å²) in [5.41, 5.74) is 3.00. The molecule has 3 nitrogen and oxygen atoms in total. The molecule has 1 aromatic heterocycles. The highest BCUT2D eigenvalue weighted by Gasteiger charge is 2.15. The van der Waals surface area contributed by atoms with E-state index in [1.807, 2.05) is 62.4 Å². The molecule has 3 heteroatoms. The van der Waals surface area contributed by atoms with E-state index >= 15 is 0 Å². The van der Waals surface area contributed by atoms with Crippen LogP contribution in [0.3, 0.4) is 0 Å². The summed E-state index contributed by atoms with van der Waals surface area (Å²) in [4.78, 5) is 12.3. The molecule has 21 heavy (non-hydrogen) atoms. The number of aryl methyl sites for hydroxylation is 1. The van der Waals surface area contributed by atoms with Crippen LogP contribution in [0.25, 0.3) is 11.0 Å². The van der Waals surface area contributed by atoms with Gasteiger partial charge in [-0.2, -0.15) is 0 Å². The molecule has 3 rings (SSSR count). The third kappa shape index (κ3) is 2.82. The Bertz CT molecular complexity index is 738. The highest BCUT2D eigenvalue weighted by Crippen LogP contribution is 2.20. The molecule has 1 atom stereocenters. The third-order valence-corrected chi connectivity index (χ3v) is 3.57. The molecule has 0 spiro atoms. The van der Waals surface area contributed by atoms with Crippen LogP contribution < -0.4 is 5.32 Å². The van der Waals surface area contributed by atoms with Gasteiger partial charge in [0.25, 0.3) is 5.91 Å². The SMILES string of the molecule is Cc1ccc(C(C)NC(=O)c2cc3ccccc3o2)cc1. The normalized spacial score (nSPS) is 12.3. The molecule has 0 bridgehead atoms. The fraction of sp³-hybridized carbons (Fsp3) is 0.167. The molecule has 1 unspecified atom stereocenters. The second kappa shape index (κ2) is 5.44. The van der Waals surface area contributed by atoms with E-state index in [-0.39, 0.29) is 11.9 Å². The van der Waals surface area contributed by atoms with Gasteiger partial charge in [-0.15, -0.1) is 0 Å². The maximum atomic E-state index is 12.3. The molecule has 1 heterocycles. The maximum absolute atomic E-state index is 12.3. The van der Waals surface area contributed by atoms with Crippen molar-refractivity contribution in [3.05, 3.63) is 71.5 Å². The summed E-state index contributed by atoms with van der Waals surface area (Å²) in [6.07, 6.45) is 0. The number of hydrogen-bond donors (Lipinski definition) is 1. The van der Waals surface area contributed by atoms with Crippen molar-refractivity contribution < 1.29 is 9.21 Å². The molecule has 0 saturated heterocycles. The highest BCUT2D eigenvalue weighted by molar-refractivity contribution is 5.96. The summed E-state index contributed by atoms with van der Waals surface area (Å²) in [5, 5.41) is 3.90. The monoisotopic (exact) mass is 279 g/mol. The van der Waals surface area contributed by atoms with Crippen molar-refractivity contribution in [1.82, 2.24) is 5.32 Å². The predicted octanol–water partition coefficient (Wildman–Crippen LogP) is 4.23. The van der Waals surface area contributed by atoms with E-state index in [1.165, 1.54) is 5.56 Å². The Morgan fingerprint density at radius 3 is 2.52 bits per heavy atom. The lowest BCUT2D eigenvalue weighted by atomic mass is 10.1. The summed E-state index contributed by atoms with van der Waals surface area (Å²) < 4.78 is 5.57. The first-order valence-electron chi connectivity index (χ1n) is 6.99. The lowest BCUT2D eigenvalue weighted by molar-refractivity contribution is 0.0914. The van der Waals surface area contributed by atoms with Gasteiger partial charge >= 0.3 is 0 Å². The quantitative estimate of drug-likeness (QED) is 0.779. The smallest absolute Gasteiger partial charge is 0.287 e. The largest absolute Gasteiger partial charge is 0.451 e. The van der Waals surface area contributed by atoms with Crippen molar-refractivity contribution in [1.29, 1.82) is 0 Å². The van der Waals surface area contributed by atoms with Crippen molar-refractivity contribution in [3.63, 3.8) is 0 Å². The zero-order valence-corrected chi connectivity index (χ0v) is 12.1. The van der Waals surface area contributed by atoms with E-state index < -0.39 is 0 Å². The standard InChI is InChI=1S/C18H17NO2/c1-12-7-9-14(10-8-12)13(2)19-18(20)17-11-15-5-3-4-6-16(15)21-17/h3-11,13H,1-2H3,(H,19,20). The van der Waals surface area contributed by atoms with Crippen LogP contribution >= 0.6 is 0 Å². The first-order valence-corrected chi connectivity index (χ1v) is 6.99. The molecule has 0 aliphatic rings. The van der Waals surface area contributed by atoms with Crippen LogP contribution in [0.1, 0.15) is 34.6 Å². The molecule has 0 radical (unpaired) electrons. The molecular formula is C18H17NO2. The molecule has 0 saturated carbocycles. The van der Waals surface area contributed by atoms with Gasteiger partial charge in [0.2, 0.25) is 0 Å². The highest BCUT2D eigenvalue weighted by atomic mass is 16.3. The lowest BCUT2D eigenvalue weighted by Crippen LogP contribution is -2.26. The van der Waals surface area contributed by atoms with Gasteiger partial charge in [0.1, 0.15) is 5.58 Å². The van der Waals surface area contributed by atoms with Gasteiger partial charge in [-0.25, -0.2) is 0 Å². The van der Waals surface area contributed by atoms with Gasteiger partial charge in [-0.1, -0.05) is 48.0 Å². The van der Waals surface area contributed by atoms with Crippen molar-refractivity contribution in [2.45, 2.75) is 19.9 Å². The molecule has 0 aliphatic heterocycles. The summed E-state index contributed by atoms with van der Waals surface area (Å²) >= 11 is 0. The Labute approximate surface area is 123 Å². The van der Waals surface area contributed by atoms with Crippen LogP contribution in [0, 0.1) is 6.92 Å². The molecular weight excluding hydrogens is 262 g/mol. The molecule has 0 fully saturated rings. The Morgan fingerprint density at radius 1 is 1.10 bits per heavy atom. The molecule has 1 N–H and O–H groups in total. The number of fused-ring (bicyclic) bond motifs is 1. The number of para-hydroxylation sites is 1. The van der Waals surface area contributed by atoms with E-state index in [2.05, 4.69) is 5.32 Å². The summed E-state index contributed by atoms with van der Waals surface area (Å²) in [6.45, 7) is 4.01. The van der Waals surface area contributed by atoms with Crippen LogP contribution in [-0.4, -0.2) is 5.91 Å². The van der Waals surface area contributed by atoms with E-state index in [9.17, 15) is 4.79 Å². The summed E-state index contributed by atoms with van der Waals surface area (Å²) in [6, 6.07) is 17.4. The zero-order chi connectivity index (χ0) is 14.8. The van der Waals surface area contributed by atoms with Crippen LogP contribution in [0.15, 0.2) is 59.0 Å². The summed E-state index contributed by atoms with van der Waals surface area (Å²) in [7, 11) is 0. The van der Waals surface area contributed by atoms with E-state index in [0.717, 1.165) is 16.5 Å². The first kappa shape index (κ1) is 13.4. The lowest BCUT2D eigenvalue weighted by Gasteiger charge is -2.13. The molecule has 2 aromatic carbocycles. The number of rotatable bonds is 3. The van der Waals surface area contributed by atoms with Crippen molar-refractivity contribution in [2.75, 3.05) is 0 Å². The number of hydrogen-bond acceptors (Lipinski definition) is 2. The minimum atomic E-state index is -0.195. The maximum Gasteiger partial charge on any atom is 0.287 e. The van der Waals surface area contributed by atoms with Crippen LogP contribution in [0.5, 0.6) is 0 Å². The van der Waals surface area contributed by atoms with Gasteiger partial charge in [-0.3, -0.25) is 4.79 Å². The number of carbonyl (C=O) groups is 1. The van der Waals surface area contributed by atoms with Gasteiger partial charge in [-0.05, 0) is 31.5 Å². The van der Waals surface area contributed by atoms with Crippen LogP contribution in [0.4, 0.5) is 0 Å². The average Bonchev–Trinajstić information content (AvgIpc) is 2.92. The molecule has 1 amide bonds. The summed E-state index contributed by atoms with van der Waals surface area (Å²) in [5.74, 6) is 0.148.